The number of aromatic amines is 1. The molecule has 0 radical (unpaired) electrons. The number of nitrogens with zero attached hydrogens (tertiary/aromatic N) is 2. The Kier molecular flexibility index (Phi) is 3.24. The lowest BCUT2D eigenvalue weighted by Crippen LogP contribution is -1.99. The standard InChI is InChI=1S/C16H13ClN4S/c1-9-2-7-12-13-14(22-16(12)19-9)15(21-20-13)18-8-10-3-5-11(17)6-4-10/h2-7H,8H2,1H3,(H2,18,20,21). The van der Waals surface area contributed by atoms with Gasteiger partial charge in [-0.25, -0.2) is 4.98 Å². The molecule has 3 aromatic heterocycles. The number of aromatic nitrogens is 3. The fraction of sp³-hybridized carbons (Fsp3) is 0.125. The van der Waals surface area contributed by atoms with E-state index in [1.807, 2.05) is 37.3 Å². The zero-order valence-corrected chi connectivity index (χ0v) is 13.4. The van der Waals surface area contributed by atoms with Crippen LogP contribution in [0.25, 0.3) is 20.4 Å². The van der Waals surface area contributed by atoms with Crippen LogP contribution in [0, 0.1) is 6.92 Å². The van der Waals surface area contributed by atoms with Crippen molar-refractivity contribution in [2.45, 2.75) is 13.5 Å². The Morgan fingerprint density at radius 3 is 2.82 bits per heavy atom. The fourth-order valence-corrected chi connectivity index (χ4v) is 3.68. The number of fused-ring (bicyclic) bond motifs is 3. The number of halogens is 1. The zero-order chi connectivity index (χ0) is 15.1. The maximum absolute atomic E-state index is 5.90. The molecule has 0 saturated heterocycles. The van der Waals surface area contributed by atoms with Crippen molar-refractivity contribution in [3.8, 4) is 0 Å². The average molecular weight is 329 g/mol. The van der Waals surface area contributed by atoms with Gasteiger partial charge >= 0.3 is 0 Å². The number of pyridine rings is 1. The summed E-state index contributed by atoms with van der Waals surface area (Å²) in [4.78, 5) is 5.62. The summed E-state index contributed by atoms with van der Waals surface area (Å²) in [6.07, 6.45) is 0. The summed E-state index contributed by atoms with van der Waals surface area (Å²) in [7, 11) is 0. The number of thiophene rings is 1. The zero-order valence-electron chi connectivity index (χ0n) is 11.9. The molecule has 4 nitrogen and oxygen atoms in total. The molecule has 3 heterocycles. The van der Waals surface area contributed by atoms with Crippen LogP contribution < -0.4 is 5.32 Å². The van der Waals surface area contributed by atoms with Crippen LogP contribution in [-0.4, -0.2) is 15.2 Å². The van der Waals surface area contributed by atoms with Gasteiger partial charge in [0.15, 0.2) is 5.82 Å². The highest BCUT2D eigenvalue weighted by molar-refractivity contribution is 7.26. The minimum Gasteiger partial charge on any atom is -0.363 e. The van der Waals surface area contributed by atoms with E-state index in [0.29, 0.717) is 6.54 Å². The van der Waals surface area contributed by atoms with Gasteiger partial charge in [0.05, 0.1) is 10.2 Å². The van der Waals surface area contributed by atoms with Crippen molar-refractivity contribution < 1.29 is 0 Å². The summed E-state index contributed by atoms with van der Waals surface area (Å²) in [5.74, 6) is 0.866. The number of anilines is 1. The predicted molar refractivity (Wildman–Crippen MR) is 92.8 cm³/mol. The molecule has 110 valence electrons. The third kappa shape index (κ3) is 2.32. The fourth-order valence-electron chi connectivity index (χ4n) is 2.42. The van der Waals surface area contributed by atoms with Gasteiger partial charge in [-0.05, 0) is 36.8 Å². The summed E-state index contributed by atoms with van der Waals surface area (Å²) in [5.41, 5.74) is 3.24. The van der Waals surface area contributed by atoms with E-state index in [2.05, 4.69) is 26.6 Å². The van der Waals surface area contributed by atoms with Crippen LogP contribution in [0.4, 0.5) is 5.82 Å². The monoisotopic (exact) mass is 328 g/mol. The van der Waals surface area contributed by atoms with Gasteiger partial charge in [0.25, 0.3) is 0 Å². The number of hydrogen-bond acceptors (Lipinski definition) is 4. The summed E-state index contributed by atoms with van der Waals surface area (Å²) in [6, 6.07) is 11.9. The van der Waals surface area contributed by atoms with E-state index in [-0.39, 0.29) is 0 Å². The number of nitrogens with one attached hydrogen (secondary N) is 2. The van der Waals surface area contributed by atoms with Crippen LogP contribution in [0.15, 0.2) is 36.4 Å². The summed E-state index contributed by atoms with van der Waals surface area (Å²) in [5, 5.41) is 12.7. The first-order valence-electron chi connectivity index (χ1n) is 6.93. The molecule has 22 heavy (non-hydrogen) atoms. The van der Waals surface area contributed by atoms with Gasteiger partial charge in [-0.3, -0.25) is 5.10 Å². The van der Waals surface area contributed by atoms with Gasteiger partial charge in [-0.15, -0.1) is 11.3 Å². The number of hydrogen-bond donors (Lipinski definition) is 2. The average Bonchev–Trinajstić information content (AvgIpc) is 3.05. The second kappa shape index (κ2) is 5.26. The molecule has 0 spiro atoms. The lowest BCUT2D eigenvalue weighted by atomic mass is 10.2. The van der Waals surface area contributed by atoms with Gasteiger partial charge in [-0.1, -0.05) is 23.7 Å². The number of aryl methyl sites for hydroxylation is 1. The molecule has 0 fully saturated rings. The van der Waals surface area contributed by atoms with Crippen LogP contribution >= 0.6 is 22.9 Å². The quantitative estimate of drug-likeness (QED) is 0.570. The molecular weight excluding hydrogens is 316 g/mol. The summed E-state index contributed by atoms with van der Waals surface area (Å²) >= 11 is 7.56. The lowest BCUT2D eigenvalue weighted by molar-refractivity contribution is 1.06. The first-order chi connectivity index (χ1) is 10.7. The molecule has 2 N–H and O–H groups in total. The molecule has 0 aliphatic carbocycles. The van der Waals surface area contributed by atoms with Crippen LogP contribution in [0.5, 0.6) is 0 Å². The first-order valence-corrected chi connectivity index (χ1v) is 8.13. The molecule has 0 aliphatic rings. The maximum atomic E-state index is 5.90. The third-order valence-corrected chi connectivity index (χ3v) is 4.92. The smallest absolute Gasteiger partial charge is 0.166 e. The van der Waals surface area contributed by atoms with Gasteiger partial charge in [-0.2, -0.15) is 5.10 Å². The Labute approximate surface area is 136 Å². The Bertz CT molecular complexity index is 956. The van der Waals surface area contributed by atoms with Crippen molar-refractivity contribution in [3.05, 3.63) is 52.7 Å². The van der Waals surface area contributed by atoms with Gasteiger partial charge in [0, 0.05) is 22.6 Å². The molecule has 0 bridgehead atoms. The molecule has 0 atom stereocenters. The van der Waals surface area contributed by atoms with Crippen LogP contribution in [0.1, 0.15) is 11.3 Å². The van der Waals surface area contributed by atoms with Crippen molar-refractivity contribution in [2.75, 3.05) is 5.32 Å². The minimum absolute atomic E-state index is 0.706. The predicted octanol–water partition coefficient (Wildman–Crippen LogP) is 4.75. The molecule has 6 heteroatoms. The molecule has 0 amide bonds. The third-order valence-electron chi connectivity index (χ3n) is 3.56. The van der Waals surface area contributed by atoms with E-state index in [0.717, 1.165) is 42.5 Å². The number of rotatable bonds is 3. The van der Waals surface area contributed by atoms with Crippen molar-refractivity contribution in [1.29, 1.82) is 0 Å². The molecule has 1 aromatic carbocycles. The van der Waals surface area contributed by atoms with Crippen molar-refractivity contribution in [3.63, 3.8) is 0 Å². The molecule has 0 saturated carbocycles. The maximum Gasteiger partial charge on any atom is 0.166 e. The highest BCUT2D eigenvalue weighted by atomic mass is 35.5. The highest BCUT2D eigenvalue weighted by Gasteiger charge is 2.13. The molecule has 4 aromatic rings. The largest absolute Gasteiger partial charge is 0.363 e. The summed E-state index contributed by atoms with van der Waals surface area (Å²) in [6.45, 7) is 2.71. The van der Waals surface area contributed by atoms with E-state index in [9.17, 15) is 0 Å². The van der Waals surface area contributed by atoms with Crippen molar-refractivity contribution in [1.82, 2.24) is 15.2 Å². The lowest BCUT2D eigenvalue weighted by Gasteiger charge is -2.03. The SMILES string of the molecule is Cc1ccc2c(n1)sc1c(NCc3ccc(Cl)cc3)n[nH]c12. The Hall–Kier alpha value is -2.11. The summed E-state index contributed by atoms with van der Waals surface area (Å²) < 4.78 is 1.11. The van der Waals surface area contributed by atoms with E-state index in [1.165, 1.54) is 0 Å². The molecular formula is C16H13ClN4S. The normalized spacial score (nSPS) is 11.4. The van der Waals surface area contributed by atoms with Crippen LogP contribution in [0.3, 0.4) is 0 Å². The second-order valence-corrected chi connectivity index (χ2v) is 6.60. The Morgan fingerprint density at radius 1 is 1.18 bits per heavy atom. The Balaban J connectivity index is 1.67. The topological polar surface area (TPSA) is 53.6 Å². The van der Waals surface area contributed by atoms with Crippen molar-refractivity contribution >= 4 is 49.2 Å². The second-order valence-electron chi connectivity index (χ2n) is 5.16. The van der Waals surface area contributed by atoms with Crippen molar-refractivity contribution in [2.24, 2.45) is 0 Å². The van der Waals surface area contributed by atoms with E-state index < -0.39 is 0 Å². The van der Waals surface area contributed by atoms with E-state index in [4.69, 9.17) is 11.6 Å². The van der Waals surface area contributed by atoms with E-state index in [1.54, 1.807) is 11.3 Å². The highest BCUT2D eigenvalue weighted by Crippen LogP contribution is 2.35. The van der Waals surface area contributed by atoms with E-state index >= 15 is 0 Å². The molecule has 4 rings (SSSR count). The first kappa shape index (κ1) is 13.5. The number of H-pyrrole nitrogens is 1. The van der Waals surface area contributed by atoms with Crippen LogP contribution in [0.2, 0.25) is 5.02 Å². The van der Waals surface area contributed by atoms with Gasteiger partial charge in [0.1, 0.15) is 4.83 Å². The minimum atomic E-state index is 0.706. The molecule has 0 aliphatic heterocycles. The molecule has 0 unspecified atom stereocenters. The van der Waals surface area contributed by atoms with Gasteiger partial charge < -0.3 is 5.32 Å². The van der Waals surface area contributed by atoms with Crippen LogP contribution in [-0.2, 0) is 6.54 Å². The Morgan fingerprint density at radius 2 is 2.00 bits per heavy atom. The number of benzene rings is 1. The van der Waals surface area contributed by atoms with Gasteiger partial charge in [0.2, 0.25) is 0 Å².